The van der Waals surface area contributed by atoms with Crippen LogP contribution in [-0.4, -0.2) is 6.54 Å². The van der Waals surface area contributed by atoms with Crippen molar-refractivity contribution in [1.29, 1.82) is 0 Å². The number of rotatable bonds is 4. The summed E-state index contributed by atoms with van der Waals surface area (Å²) in [5, 5.41) is 5.51. The zero-order chi connectivity index (χ0) is 12.4. The minimum atomic E-state index is 0.178. The molecular formula is C13H15Cl2NO. The predicted molar refractivity (Wildman–Crippen MR) is 72.9 cm³/mol. The lowest BCUT2D eigenvalue weighted by Crippen LogP contribution is -2.18. The van der Waals surface area contributed by atoms with Gasteiger partial charge in [-0.05, 0) is 38.1 Å². The lowest BCUT2D eigenvalue weighted by Gasteiger charge is -2.09. The van der Waals surface area contributed by atoms with Crippen LogP contribution in [0.15, 0.2) is 22.6 Å². The molecule has 2 aromatic rings. The lowest BCUT2D eigenvalue weighted by atomic mass is 10.2. The van der Waals surface area contributed by atoms with Crippen LogP contribution in [0.1, 0.15) is 32.1 Å². The highest BCUT2D eigenvalue weighted by atomic mass is 35.5. The highest BCUT2D eigenvalue weighted by Gasteiger charge is 2.13. The van der Waals surface area contributed by atoms with Gasteiger partial charge in [0.05, 0.1) is 11.1 Å². The number of hydrogen-bond donors (Lipinski definition) is 1. The van der Waals surface area contributed by atoms with Crippen molar-refractivity contribution in [2.45, 2.75) is 26.3 Å². The predicted octanol–water partition coefficient (Wildman–Crippen LogP) is 4.80. The largest absolute Gasteiger partial charge is 0.458 e. The van der Waals surface area contributed by atoms with Crippen LogP contribution >= 0.6 is 23.2 Å². The Hall–Kier alpha value is -0.700. The molecule has 17 heavy (non-hydrogen) atoms. The Morgan fingerprint density at radius 3 is 2.76 bits per heavy atom. The van der Waals surface area contributed by atoms with Gasteiger partial charge in [-0.2, -0.15) is 0 Å². The van der Waals surface area contributed by atoms with Gasteiger partial charge >= 0.3 is 0 Å². The minimum Gasteiger partial charge on any atom is -0.458 e. The molecule has 0 saturated carbocycles. The molecule has 1 heterocycles. The van der Waals surface area contributed by atoms with Crippen LogP contribution < -0.4 is 5.32 Å². The first-order chi connectivity index (χ1) is 8.11. The third-order valence-corrected chi connectivity index (χ3v) is 3.18. The van der Waals surface area contributed by atoms with Crippen LogP contribution in [-0.2, 0) is 0 Å². The van der Waals surface area contributed by atoms with E-state index in [9.17, 15) is 0 Å². The Balaban J connectivity index is 2.34. The van der Waals surface area contributed by atoms with Crippen LogP contribution in [0.3, 0.4) is 0 Å². The second kappa shape index (κ2) is 5.30. The van der Waals surface area contributed by atoms with Crippen LogP contribution in [0.5, 0.6) is 0 Å². The first kappa shape index (κ1) is 12.7. The monoisotopic (exact) mass is 271 g/mol. The van der Waals surface area contributed by atoms with Crippen molar-refractivity contribution < 1.29 is 4.42 Å². The number of furan rings is 1. The van der Waals surface area contributed by atoms with E-state index in [-0.39, 0.29) is 6.04 Å². The van der Waals surface area contributed by atoms with Gasteiger partial charge in [-0.25, -0.2) is 0 Å². The summed E-state index contributed by atoms with van der Waals surface area (Å²) in [6, 6.07) is 5.73. The third kappa shape index (κ3) is 2.76. The second-order valence-electron chi connectivity index (χ2n) is 4.13. The van der Waals surface area contributed by atoms with Gasteiger partial charge in [0.2, 0.25) is 0 Å². The van der Waals surface area contributed by atoms with Crippen LogP contribution in [0.4, 0.5) is 0 Å². The van der Waals surface area contributed by atoms with E-state index in [1.54, 1.807) is 6.07 Å². The highest BCUT2D eigenvalue weighted by Crippen LogP contribution is 2.32. The van der Waals surface area contributed by atoms with Gasteiger partial charge < -0.3 is 9.73 Å². The Bertz CT molecular complexity index is 521. The summed E-state index contributed by atoms with van der Waals surface area (Å²) in [5.41, 5.74) is 0.705. The summed E-state index contributed by atoms with van der Waals surface area (Å²) in [6.45, 7) is 5.17. The van der Waals surface area contributed by atoms with Crippen molar-refractivity contribution >= 4 is 34.2 Å². The number of fused-ring (bicyclic) bond motifs is 1. The Morgan fingerprint density at radius 1 is 1.29 bits per heavy atom. The molecule has 1 N–H and O–H groups in total. The van der Waals surface area contributed by atoms with Crippen LogP contribution in [0.2, 0.25) is 10.0 Å². The van der Waals surface area contributed by atoms with Gasteiger partial charge in [0.15, 0.2) is 5.58 Å². The molecule has 0 bridgehead atoms. The first-order valence-electron chi connectivity index (χ1n) is 5.73. The molecule has 0 radical (unpaired) electrons. The van der Waals surface area contributed by atoms with Gasteiger partial charge in [-0.1, -0.05) is 30.1 Å². The highest BCUT2D eigenvalue weighted by molar-refractivity contribution is 6.38. The zero-order valence-electron chi connectivity index (χ0n) is 9.89. The number of benzene rings is 1. The molecule has 1 aromatic heterocycles. The van der Waals surface area contributed by atoms with E-state index in [1.165, 1.54) is 0 Å². The number of nitrogens with one attached hydrogen (secondary N) is 1. The molecule has 0 amide bonds. The fourth-order valence-electron chi connectivity index (χ4n) is 1.77. The Morgan fingerprint density at radius 2 is 2.06 bits per heavy atom. The molecule has 2 rings (SSSR count). The maximum Gasteiger partial charge on any atom is 0.153 e. The topological polar surface area (TPSA) is 25.2 Å². The van der Waals surface area contributed by atoms with Crippen molar-refractivity contribution in [2.75, 3.05) is 6.54 Å². The fraction of sp³-hybridized carbons (Fsp3) is 0.385. The normalized spacial score (nSPS) is 13.2. The number of hydrogen-bond acceptors (Lipinski definition) is 2. The van der Waals surface area contributed by atoms with Crippen molar-refractivity contribution in [3.05, 3.63) is 34.0 Å². The summed E-state index contributed by atoms with van der Waals surface area (Å²) in [6.07, 6.45) is 1.09. The summed E-state index contributed by atoms with van der Waals surface area (Å²) >= 11 is 12.0. The molecule has 92 valence electrons. The van der Waals surface area contributed by atoms with Crippen molar-refractivity contribution in [1.82, 2.24) is 5.32 Å². The van der Waals surface area contributed by atoms with Crippen LogP contribution in [0.25, 0.3) is 11.0 Å². The first-order valence-corrected chi connectivity index (χ1v) is 6.49. The van der Waals surface area contributed by atoms with Gasteiger partial charge in [-0.15, -0.1) is 0 Å². The summed E-state index contributed by atoms with van der Waals surface area (Å²) in [7, 11) is 0. The van der Waals surface area contributed by atoms with Gasteiger partial charge in [0.25, 0.3) is 0 Å². The summed E-state index contributed by atoms with van der Waals surface area (Å²) < 4.78 is 5.76. The average molecular weight is 272 g/mol. The van der Waals surface area contributed by atoms with E-state index >= 15 is 0 Å². The van der Waals surface area contributed by atoms with E-state index in [1.807, 2.05) is 12.1 Å². The summed E-state index contributed by atoms with van der Waals surface area (Å²) in [4.78, 5) is 0. The zero-order valence-corrected chi connectivity index (χ0v) is 11.4. The molecule has 1 atom stereocenters. The third-order valence-electron chi connectivity index (χ3n) is 2.68. The molecule has 0 aliphatic rings. The molecular weight excluding hydrogens is 257 g/mol. The van der Waals surface area contributed by atoms with E-state index in [2.05, 4.69) is 19.2 Å². The molecule has 0 aliphatic carbocycles. The van der Waals surface area contributed by atoms with E-state index in [4.69, 9.17) is 27.6 Å². The standard InChI is InChI=1S/C13H15Cl2NO/c1-3-4-16-8(2)12-6-9-5-10(14)7-11(15)13(9)17-12/h5-8,16H,3-4H2,1-2H3. The maximum atomic E-state index is 6.09. The van der Waals surface area contributed by atoms with Gasteiger partial charge in [0.1, 0.15) is 5.76 Å². The molecule has 4 heteroatoms. The number of halogens is 2. The van der Waals surface area contributed by atoms with Gasteiger partial charge in [-0.3, -0.25) is 0 Å². The van der Waals surface area contributed by atoms with Crippen molar-refractivity contribution in [3.8, 4) is 0 Å². The molecule has 1 unspecified atom stereocenters. The SMILES string of the molecule is CCCNC(C)c1cc2cc(Cl)cc(Cl)c2o1. The fourth-order valence-corrected chi connectivity index (χ4v) is 2.32. The molecule has 0 spiro atoms. The average Bonchev–Trinajstić information content (AvgIpc) is 2.69. The molecule has 2 nitrogen and oxygen atoms in total. The lowest BCUT2D eigenvalue weighted by molar-refractivity contribution is 0.452. The molecule has 0 fully saturated rings. The van der Waals surface area contributed by atoms with Crippen LogP contribution in [0, 0.1) is 0 Å². The smallest absolute Gasteiger partial charge is 0.153 e. The second-order valence-corrected chi connectivity index (χ2v) is 4.97. The van der Waals surface area contributed by atoms with E-state index in [0.717, 1.165) is 24.1 Å². The van der Waals surface area contributed by atoms with Crippen molar-refractivity contribution in [2.24, 2.45) is 0 Å². The summed E-state index contributed by atoms with van der Waals surface area (Å²) in [5.74, 6) is 0.887. The molecule has 0 saturated heterocycles. The maximum absolute atomic E-state index is 6.09. The quantitative estimate of drug-likeness (QED) is 0.864. The Kier molecular flexibility index (Phi) is 3.97. The molecule has 0 aliphatic heterocycles. The minimum absolute atomic E-state index is 0.178. The Labute approximate surface area is 111 Å². The molecule has 1 aromatic carbocycles. The van der Waals surface area contributed by atoms with E-state index < -0.39 is 0 Å². The van der Waals surface area contributed by atoms with Gasteiger partial charge in [0, 0.05) is 10.4 Å². The van der Waals surface area contributed by atoms with E-state index in [0.29, 0.717) is 15.6 Å². The van der Waals surface area contributed by atoms with Crippen molar-refractivity contribution in [3.63, 3.8) is 0 Å².